The first kappa shape index (κ1) is 114. The van der Waals surface area contributed by atoms with Crippen molar-refractivity contribution in [2.45, 2.75) is 251 Å². The highest BCUT2D eigenvalue weighted by Crippen LogP contribution is 2.38. The third kappa shape index (κ3) is 37.0. The van der Waals surface area contributed by atoms with E-state index >= 15 is 0 Å². The zero-order valence-electron chi connectivity index (χ0n) is 66.0. The Hall–Kier alpha value is -4.11. The van der Waals surface area contributed by atoms with Crippen LogP contribution in [-0.2, 0) is 197 Å². The molecule has 23 N–H and O–H groups in total. The molecule has 0 amide bonds. The number of methoxy groups -OCH3 is 1. The van der Waals surface area contributed by atoms with E-state index < -0.39 is 370 Å². The standard InChI is InChI=1S/C56H99NO62S7/c1-17-33(63)41(109-28(13-101-123(85,86)87)113-45(49(68)69)36(66)20(4)59)24(9-58)105-53(17)117-38(21(5)60)46(50(70)71)114-29(14-102-124(88,89)90)110-42-25(10-98-120(76,77)78)106-54(18(2)34(42)64)118-39(22(6)61)47(51(72)73)115-30(15-103-125(91,92)93)111-43-26(11-99-121(79,80)81)107-55(19(3)35(43)65)119-40(23(7)62)48(52(74)75)116-31(16-104-126(94,95)96)112-44-27(12-100-122(82,83)84)108-56(97-8)32(57)37(44)67/h17-48,53-56,58-67H,9-16,57H2,1-8H3,(H,68,69)(H,70,71)(H,72,73)(H,74,75)(H,76,77,78)(H,79,80,81)(H,82,83,84)(H,85,86,87)(H,88,89,90)(H,91,92,93)(H,94,95,96)/t17-,18-,19-,20-,21-,22-,23-,24?,25?,26?,27?,28?,29?,30?,31?,32-,33?,34?,35?,36-,37?,38+,39+,40+,41+,42+,43+,44+,45?,46?,47?,48?,53-,54?,55?,56-/m0/s1. The zero-order valence-corrected chi connectivity index (χ0v) is 71.7. The van der Waals surface area contributed by atoms with E-state index in [4.69, 9.17) is 81.5 Å². The Morgan fingerprint density at radius 2 is 0.563 bits per heavy atom. The molecule has 0 aromatic heterocycles. The van der Waals surface area contributed by atoms with Gasteiger partial charge in [0.2, 0.25) is 0 Å². The van der Waals surface area contributed by atoms with Crippen molar-refractivity contribution < 1.29 is 287 Å². The normalized spacial score (nSPS) is 31.5. The summed E-state index contributed by atoms with van der Waals surface area (Å²) in [5.74, 6) is -14.5. The predicted octanol–water partition coefficient (Wildman–Crippen LogP) is -12.3. The van der Waals surface area contributed by atoms with Gasteiger partial charge in [0.05, 0.1) is 75.2 Å². The number of aliphatic hydroxyl groups is 10. The molecule has 126 heavy (non-hydrogen) atoms. The van der Waals surface area contributed by atoms with Crippen LogP contribution in [0.5, 0.6) is 0 Å². The molecule has 0 spiro atoms. The van der Waals surface area contributed by atoms with E-state index in [1.54, 1.807) is 0 Å². The predicted molar refractivity (Wildman–Crippen MR) is 383 cm³/mol. The molecule has 0 radical (unpaired) electrons. The van der Waals surface area contributed by atoms with Gasteiger partial charge in [0.25, 0.3) is 0 Å². The summed E-state index contributed by atoms with van der Waals surface area (Å²) < 4.78 is 353. The fraction of sp³-hybridized carbons (Fsp3) is 0.929. The van der Waals surface area contributed by atoms with Crippen LogP contribution in [0.4, 0.5) is 0 Å². The molecule has 4 fully saturated rings. The van der Waals surface area contributed by atoms with Crippen LogP contribution in [0, 0.1) is 17.8 Å². The first-order chi connectivity index (χ1) is 57.6. The van der Waals surface area contributed by atoms with Gasteiger partial charge in [-0.05, 0) is 27.7 Å². The number of carboxylic acids is 4. The quantitative estimate of drug-likeness (QED) is 0.0199. The maximum absolute atomic E-state index is 13.4. The Morgan fingerprint density at radius 1 is 0.341 bits per heavy atom. The lowest BCUT2D eigenvalue weighted by Gasteiger charge is -2.46. The van der Waals surface area contributed by atoms with Crippen molar-refractivity contribution in [3.8, 4) is 0 Å². The number of hydrogen-bond donors (Lipinski definition) is 22. The van der Waals surface area contributed by atoms with E-state index in [9.17, 15) is 181 Å². The SMILES string of the molecule is CO[C@H]1OC(COS(=O)(=O)O)[C@@H](OC(COS(=O)(=O)O)OC(C(=O)O)[C@H](OC2OC(COS(=O)(=O)O)[C@@H](OC(COS(=O)(=O)O)OC(C(=O)O)[C@H](OC3OC(COS(=O)(=O)O)[C@@H](OC(COS(=O)(=O)O)OC(C(=O)O)[C@H](O[C@@H]4OC(CO)[C@@H](OC(COS(=O)(=O)O)OC(C(=O)O)[C@@H](O)[C@H](C)O)C(O)[C@@H]4C)[C@H](C)O)C(O)[C@@H]3C)[C@H](C)O)C(O)[C@@H]2C)[C@H](C)O)C(O)[C@@H]1N. The Kier molecular flexibility index (Phi) is 44.1. The van der Waals surface area contributed by atoms with Crippen LogP contribution in [0.25, 0.3) is 0 Å². The highest BCUT2D eigenvalue weighted by Gasteiger charge is 2.56. The van der Waals surface area contributed by atoms with Crippen molar-refractivity contribution >= 4 is 96.7 Å². The van der Waals surface area contributed by atoms with E-state index in [-0.39, 0.29) is 0 Å². The summed E-state index contributed by atoms with van der Waals surface area (Å²) in [6.07, 6.45) is -76.7. The third-order valence-corrected chi connectivity index (χ3v) is 21.1. The largest absolute Gasteiger partial charge is 0.479 e. The van der Waals surface area contributed by atoms with Crippen LogP contribution in [0.3, 0.4) is 0 Å². The molecule has 18 unspecified atom stereocenters. The highest BCUT2D eigenvalue weighted by molar-refractivity contribution is 7.82. The lowest BCUT2D eigenvalue weighted by atomic mass is 9.92. The summed E-state index contributed by atoms with van der Waals surface area (Å²) in [4.78, 5) is 51.9. The summed E-state index contributed by atoms with van der Waals surface area (Å²) in [7, 11) is -38.4. The van der Waals surface area contributed by atoms with Gasteiger partial charge in [0.1, 0.15) is 106 Å². The van der Waals surface area contributed by atoms with Crippen LogP contribution < -0.4 is 5.73 Å². The van der Waals surface area contributed by atoms with E-state index in [1.165, 1.54) is 0 Å². The zero-order chi connectivity index (χ0) is 96.5. The number of carbonyl (C=O) groups is 4. The number of rotatable bonds is 57. The smallest absolute Gasteiger partial charge is 0.397 e. The molecule has 4 rings (SSSR count). The van der Waals surface area contributed by atoms with Crippen LogP contribution in [0.15, 0.2) is 0 Å². The number of aliphatic carboxylic acids is 4. The maximum Gasteiger partial charge on any atom is 0.397 e. The average molecular weight is 2000 g/mol. The summed E-state index contributed by atoms with van der Waals surface area (Å²) >= 11 is 0. The van der Waals surface area contributed by atoms with Crippen molar-refractivity contribution in [2.75, 3.05) is 60.0 Å². The number of hydrogen-bond acceptors (Lipinski definition) is 52. The molecular weight excluding hydrogens is 1900 g/mol. The summed E-state index contributed by atoms with van der Waals surface area (Å²) in [5.41, 5.74) is 5.96. The first-order valence-electron chi connectivity index (χ1n) is 35.7. The van der Waals surface area contributed by atoms with Crippen LogP contribution in [0.2, 0.25) is 0 Å². The fourth-order valence-electron chi connectivity index (χ4n) is 12.0. The molecule has 4 aliphatic heterocycles. The van der Waals surface area contributed by atoms with E-state index in [2.05, 4.69) is 29.3 Å². The minimum Gasteiger partial charge on any atom is -0.479 e. The first-order valence-corrected chi connectivity index (χ1v) is 45.2. The van der Waals surface area contributed by atoms with Gasteiger partial charge in [-0.1, -0.05) is 20.8 Å². The molecule has 63 nitrogen and oxygen atoms in total. The second-order valence-corrected chi connectivity index (χ2v) is 35.3. The molecule has 4 saturated heterocycles. The van der Waals surface area contributed by atoms with Crippen molar-refractivity contribution in [2.24, 2.45) is 23.5 Å². The van der Waals surface area contributed by atoms with Gasteiger partial charge in [-0.2, -0.15) is 58.9 Å². The molecule has 742 valence electrons. The number of ether oxygens (including phenoxy) is 16. The van der Waals surface area contributed by atoms with Crippen LogP contribution in [0.1, 0.15) is 48.5 Å². The summed E-state index contributed by atoms with van der Waals surface area (Å²) in [6.45, 7) is -6.83. The van der Waals surface area contributed by atoms with E-state index in [1.807, 2.05) is 0 Å². The van der Waals surface area contributed by atoms with Crippen molar-refractivity contribution in [3.63, 3.8) is 0 Å². The minimum atomic E-state index is -5.80. The van der Waals surface area contributed by atoms with Crippen LogP contribution in [-0.4, -0.2) is 449 Å². The van der Waals surface area contributed by atoms with Gasteiger partial charge in [-0.15, -0.1) is 0 Å². The fourth-order valence-corrected chi connectivity index (χ4v) is 14.0. The Balaban J connectivity index is 1.75. The van der Waals surface area contributed by atoms with Crippen molar-refractivity contribution in [1.82, 2.24) is 0 Å². The number of nitrogens with two attached hydrogens (primary N) is 1. The average Bonchev–Trinajstić information content (AvgIpc) is 0.792. The Labute approximate surface area is 714 Å². The molecular formula is C56H99NO62S7. The van der Waals surface area contributed by atoms with Gasteiger partial charge in [0.15, 0.2) is 74.7 Å². The minimum absolute atomic E-state index is 0.703. The molecule has 0 bridgehead atoms. The van der Waals surface area contributed by atoms with Crippen LogP contribution >= 0.6 is 0 Å². The number of carboxylic acid groups (broad SMARTS) is 4. The maximum atomic E-state index is 13.4. The van der Waals surface area contributed by atoms with Crippen molar-refractivity contribution in [1.29, 1.82) is 0 Å². The van der Waals surface area contributed by atoms with E-state index in [0.717, 1.165) is 48.7 Å². The molecule has 0 aromatic rings. The Morgan fingerprint density at radius 3 is 0.778 bits per heavy atom. The second-order valence-electron chi connectivity index (χ2n) is 27.6. The summed E-state index contributed by atoms with van der Waals surface area (Å²) in [6, 6.07) is -1.71. The lowest BCUT2D eigenvalue weighted by molar-refractivity contribution is -0.352. The molecule has 36 atom stereocenters. The number of aliphatic hydroxyl groups excluding tert-OH is 10. The van der Waals surface area contributed by atoms with Gasteiger partial charge in [-0.25, -0.2) is 48.5 Å². The van der Waals surface area contributed by atoms with Gasteiger partial charge in [-0.3, -0.25) is 31.9 Å². The second kappa shape index (κ2) is 48.7. The molecule has 0 aromatic carbocycles. The van der Waals surface area contributed by atoms with Gasteiger partial charge >= 0.3 is 96.7 Å². The highest BCUT2D eigenvalue weighted by atomic mass is 32.3. The third-order valence-electron chi connectivity index (χ3n) is 18.0. The molecule has 4 aliphatic rings. The van der Waals surface area contributed by atoms with E-state index in [0.29, 0.717) is 6.92 Å². The molecule has 70 heteroatoms. The topological polar surface area (TPSA) is 970 Å². The monoisotopic (exact) mass is 2000 g/mol. The molecule has 0 saturated carbocycles. The summed E-state index contributed by atoms with van der Waals surface area (Å²) in [5, 5.41) is 153. The molecule has 4 heterocycles. The lowest BCUT2D eigenvalue weighted by Crippen LogP contribution is -2.64. The van der Waals surface area contributed by atoms with Gasteiger partial charge < -0.3 is 153 Å². The molecule has 0 aliphatic carbocycles. The van der Waals surface area contributed by atoms with Gasteiger partial charge in [0, 0.05) is 24.9 Å². The Bertz CT molecular complexity index is 4280. The van der Waals surface area contributed by atoms with Crippen molar-refractivity contribution in [3.05, 3.63) is 0 Å².